The van der Waals surface area contributed by atoms with E-state index < -0.39 is 5.97 Å². The number of fused-ring (bicyclic) bond motifs is 1. The molecule has 8 nitrogen and oxygen atoms in total. The quantitative estimate of drug-likeness (QED) is 0.196. The topological polar surface area (TPSA) is 93.4 Å². The number of benzene rings is 3. The van der Waals surface area contributed by atoms with Crippen molar-refractivity contribution in [2.24, 2.45) is 0 Å². The minimum absolute atomic E-state index is 0.0543. The standard InChI is InChI=1S/C27H23BrO8/c1-14-8-15(2)10-17(9-14)35-22-13-34-20-11-16(6-7-18(20)24(22)29)36-27(30)19-12-21(31-3)25(32-4)26(33-5)23(19)28/h6-13H,1-5H3. The van der Waals surface area contributed by atoms with Crippen LogP contribution in [0.15, 0.2) is 62.4 Å². The van der Waals surface area contributed by atoms with Gasteiger partial charge in [0, 0.05) is 6.07 Å². The van der Waals surface area contributed by atoms with Crippen molar-refractivity contribution in [1.82, 2.24) is 0 Å². The lowest BCUT2D eigenvalue weighted by Crippen LogP contribution is -2.11. The van der Waals surface area contributed by atoms with E-state index in [4.69, 9.17) is 28.1 Å². The summed E-state index contributed by atoms with van der Waals surface area (Å²) >= 11 is 3.37. The lowest BCUT2D eigenvalue weighted by Gasteiger charge is -2.16. The molecule has 1 aromatic heterocycles. The lowest BCUT2D eigenvalue weighted by molar-refractivity contribution is 0.0733. The van der Waals surface area contributed by atoms with Crippen molar-refractivity contribution in [2.45, 2.75) is 13.8 Å². The van der Waals surface area contributed by atoms with Crippen LogP contribution in [0.3, 0.4) is 0 Å². The third-order valence-corrected chi connectivity index (χ3v) is 6.12. The molecule has 0 aliphatic carbocycles. The summed E-state index contributed by atoms with van der Waals surface area (Å²) in [6.07, 6.45) is 1.24. The second-order valence-electron chi connectivity index (χ2n) is 7.91. The highest BCUT2D eigenvalue weighted by atomic mass is 79.9. The number of hydrogen-bond acceptors (Lipinski definition) is 8. The molecular weight excluding hydrogens is 532 g/mol. The molecule has 4 rings (SSSR count). The van der Waals surface area contributed by atoms with E-state index in [2.05, 4.69) is 15.9 Å². The zero-order chi connectivity index (χ0) is 26.0. The maximum Gasteiger partial charge on any atom is 0.344 e. The van der Waals surface area contributed by atoms with Crippen LogP contribution >= 0.6 is 15.9 Å². The van der Waals surface area contributed by atoms with Gasteiger partial charge in [0.2, 0.25) is 16.9 Å². The Hall–Kier alpha value is -3.98. The predicted molar refractivity (Wildman–Crippen MR) is 137 cm³/mol. The fourth-order valence-corrected chi connectivity index (χ4v) is 4.39. The number of hydrogen-bond donors (Lipinski definition) is 0. The molecule has 0 aliphatic heterocycles. The molecule has 0 N–H and O–H groups in total. The maximum absolute atomic E-state index is 13.0. The third-order valence-electron chi connectivity index (χ3n) is 5.34. The summed E-state index contributed by atoms with van der Waals surface area (Å²) in [6.45, 7) is 3.89. The summed E-state index contributed by atoms with van der Waals surface area (Å²) < 4.78 is 33.3. The van der Waals surface area contributed by atoms with Gasteiger partial charge in [0.25, 0.3) is 0 Å². The minimum Gasteiger partial charge on any atom is -0.493 e. The summed E-state index contributed by atoms with van der Waals surface area (Å²) in [5.41, 5.74) is 2.08. The molecule has 1 heterocycles. The van der Waals surface area contributed by atoms with E-state index in [1.807, 2.05) is 32.0 Å². The van der Waals surface area contributed by atoms with Crippen molar-refractivity contribution < 1.29 is 32.9 Å². The molecule has 36 heavy (non-hydrogen) atoms. The zero-order valence-corrected chi connectivity index (χ0v) is 21.8. The molecule has 0 amide bonds. The Morgan fingerprint density at radius 1 is 0.833 bits per heavy atom. The van der Waals surface area contributed by atoms with Gasteiger partial charge in [-0.3, -0.25) is 4.79 Å². The van der Waals surface area contributed by atoms with Crippen molar-refractivity contribution in [1.29, 1.82) is 0 Å². The Morgan fingerprint density at radius 3 is 2.17 bits per heavy atom. The Kier molecular flexibility index (Phi) is 7.21. The second-order valence-corrected chi connectivity index (χ2v) is 8.70. The molecule has 4 aromatic rings. The monoisotopic (exact) mass is 554 g/mol. The molecule has 0 fully saturated rings. The van der Waals surface area contributed by atoms with Gasteiger partial charge in [-0.25, -0.2) is 4.79 Å². The van der Waals surface area contributed by atoms with Crippen molar-refractivity contribution in [3.63, 3.8) is 0 Å². The fourth-order valence-electron chi connectivity index (χ4n) is 3.78. The van der Waals surface area contributed by atoms with Crippen molar-refractivity contribution >= 4 is 32.9 Å². The number of carbonyl (C=O) groups is 1. The predicted octanol–water partition coefficient (Wildman–Crippen LogP) is 6.21. The highest BCUT2D eigenvalue weighted by Gasteiger charge is 2.24. The van der Waals surface area contributed by atoms with Crippen LogP contribution in [0, 0.1) is 13.8 Å². The average Bonchev–Trinajstić information content (AvgIpc) is 2.84. The van der Waals surface area contributed by atoms with Gasteiger partial charge in [-0.15, -0.1) is 0 Å². The number of carbonyl (C=O) groups excluding carboxylic acids is 1. The van der Waals surface area contributed by atoms with Crippen LogP contribution in [0.4, 0.5) is 0 Å². The Labute approximate surface area is 215 Å². The van der Waals surface area contributed by atoms with E-state index in [0.29, 0.717) is 21.7 Å². The van der Waals surface area contributed by atoms with Crippen LogP contribution in [0.2, 0.25) is 0 Å². The van der Waals surface area contributed by atoms with Crippen molar-refractivity contribution in [3.8, 4) is 34.5 Å². The molecule has 0 spiro atoms. The highest BCUT2D eigenvalue weighted by Crippen LogP contribution is 2.45. The zero-order valence-electron chi connectivity index (χ0n) is 20.3. The van der Waals surface area contributed by atoms with Gasteiger partial charge in [0.1, 0.15) is 23.3 Å². The molecule has 0 atom stereocenters. The van der Waals surface area contributed by atoms with Crippen LogP contribution in [0.1, 0.15) is 21.5 Å². The number of methoxy groups -OCH3 is 3. The molecule has 9 heteroatoms. The summed E-state index contributed by atoms with van der Waals surface area (Å²) in [5.74, 6) is 1.00. The largest absolute Gasteiger partial charge is 0.493 e. The van der Waals surface area contributed by atoms with Crippen molar-refractivity contribution in [2.75, 3.05) is 21.3 Å². The van der Waals surface area contributed by atoms with Gasteiger partial charge in [0.15, 0.2) is 11.5 Å². The molecular formula is C27H23BrO8. The number of halogens is 1. The number of ether oxygens (including phenoxy) is 5. The molecule has 0 aliphatic rings. The van der Waals surface area contributed by atoms with E-state index >= 15 is 0 Å². The maximum atomic E-state index is 13.0. The van der Waals surface area contributed by atoms with E-state index in [0.717, 1.165) is 11.1 Å². The molecule has 0 unspecified atom stereocenters. The first-order valence-electron chi connectivity index (χ1n) is 10.8. The summed E-state index contributed by atoms with van der Waals surface area (Å²) in [4.78, 5) is 25.9. The normalized spacial score (nSPS) is 10.7. The molecule has 0 radical (unpaired) electrons. The summed E-state index contributed by atoms with van der Waals surface area (Å²) in [7, 11) is 4.36. The van der Waals surface area contributed by atoms with E-state index in [9.17, 15) is 9.59 Å². The van der Waals surface area contributed by atoms with Crippen LogP contribution in [0.5, 0.6) is 34.5 Å². The number of esters is 1. The Balaban J connectivity index is 1.63. The van der Waals surface area contributed by atoms with Crippen LogP contribution in [-0.4, -0.2) is 27.3 Å². The fraction of sp³-hybridized carbons (Fsp3) is 0.185. The van der Waals surface area contributed by atoms with Crippen LogP contribution < -0.4 is 29.1 Å². The van der Waals surface area contributed by atoms with Gasteiger partial charge < -0.3 is 28.1 Å². The van der Waals surface area contributed by atoms with Gasteiger partial charge in [-0.2, -0.15) is 0 Å². The molecule has 186 valence electrons. The average molecular weight is 555 g/mol. The van der Waals surface area contributed by atoms with Crippen molar-refractivity contribution in [3.05, 3.63) is 80.1 Å². The van der Waals surface area contributed by atoms with E-state index in [-0.39, 0.29) is 39.2 Å². The number of rotatable bonds is 7. The Morgan fingerprint density at radius 2 is 1.53 bits per heavy atom. The van der Waals surface area contributed by atoms with Crippen LogP contribution in [-0.2, 0) is 0 Å². The number of aryl methyl sites for hydroxylation is 2. The smallest absolute Gasteiger partial charge is 0.344 e. The van der Waals surface area contributed by atoms with Crippen LogP contribution in [0.25, 0.3) is 11.0 Å². The SMILES string of the molecule is COc1cc(C(=O)Oc2ccc3c(=O)c(Oc4cc(C)cc(C)c4)coc3c2)c(Br)c(OC)c1OC. The first-order chi connectivity index (χ1) is 17.2. The van der Waals surface area contributed by atoms with Gasteiger partial charge in [-0.05, 0) is 71.2 Å². The minimum atomic E-state index is -0.683. The van der Waals surface area contributed by atoms with Gasteiger partial charge in [-0.1, -0.05) is 6.07 Å². The first-order valence-corrected chi connectivity index (χ1v) is 11.6. The molecule has 0 bridgehead atoms. The summed E-state index contributed by atoms with van der Waals surface area (Å²) in [5, 5.41) is 0.283. The second kappa shape index (κ2) is 10.3. The third kappa shape index (κ3) is 4.87. The van der Waals surface area contributed by atoms with E-state index in [1.54, 1.807) is 0 Å². The highest BCUT2D eigenvalue weighted by molar-refractivity contribution is 9.10. The van der Waals surface area contributed by atoms with Gasteiger partial charge in [0.05, 0.1) is 36.8 Å². The first kappa shape index (κ1) is 25.1. The van der Waals surface area contributed by atoms with E-state index in [1.165, 1.54) is 51.9 Å². The summed E-state index contributed by atoms with van der Waals surface area (Å²) in [6, 6.07) is 11.6. The molecule has 0 saturated heterocycles. The molecule has 3 aromatic carbocycles. The van der Waals surface area contributed by atoms with Gasteiger partial charge >= 0.3 is 5.97 Å². The molecule has 0 saturated carbocycles. The Bertz CT molecular complexity index is 1500. The lowest BCUT2D eigenvalue weighted by atomic mass is 10.1.